The van der Waals surface area contributed by atoms with E-state index in [1.807, 2.05) is 0 Å². The third-order valence-electron chi connectivity index (χ3n) is 2.91. The summed E-state index contributed by atoms with van der Waals surface area (Å²) in [4.78, 5) is 0. The van der Waals surface area contributed by atoms with Crippen molar-refractivity contribution in [2.45, 2.75) is 58.3 Å². The molecule has 17 heavy (non-hydrogen) atoms. The summed E-state index contributed by atoms with van der Waals surface area (Å²) < 4.78 is 0. The van der Waals surface area contributed by atoms with Crippen molar-refractivity contribution in [3.63, 3.8) is 0 Å². The molecule has 2 heteroatoms. The lowest BCUT2D eigenvalue weighted by Gasteiger charge is -2.01. The van der Waals surface area contributed by atoms with Gasteiger partial charge in [0.15, 0.2) is 0 Å². The lowest BCUT2D eigenvalue weighted by atomic mass is 10.0. The average molecular weight is 275 g/mol. The summed E-state index contributed by atoms with van der Waals surface area (Å²) in [5, 5.41) is 0. The molecule has 0 amide bonds. The Labute approximate surface area is 120 Å². The van der Waals surface area contributed by atoms with E-state index in [9.17, 15) is 0 Å². The minimum absolute atomic E-state index is 0. The van der Waals surface area contributed by atoms with Crippen molar-refractivity contribution in [1.29, 1.82) is 0 Å². The maximum Gasteiger partial charge on any atom is -0.0279 e. The lowest BCUT2D eigenvalue weighted by molar-refractivity contribution is -0.00000339. The van der Waals surface area contributed by atoms with Gasteiger partial charge >= 0.3 is 0 Å². The van der Waals surface area contributed by atoms with Crippen LogP contribution in [0.5, 0.6) is 0 Å². The van der Waals surface area contributed by atoms with Crippen LogP contribution in [0.3, 0.4) is 0 Å². The molecule has 0 saturated carbocycles. The van der Waals surface area contributed by atoms with Crippen LogP contribution in [-0.4, -0.2) is 0 Å². The predicted octanol–water partition coefficient (Wildman–Crippen LogP) is 1.18. The molecule has 0 unspecified atom stereocenters. The summed E-state index contributed by atoms with van der Waals surface area (Å²) in [6.45, 7) is 2.27. The van der Waals surface area contributed by atoms with Gasteiger partial charge in [0, 0.05) is 0 Å². The van der Waals surface area contributed by atoms with Gasteiger partial charge < -0.3 is 12.4 Å². The van der Waals surface area contributed by atoms with Crippen molar-refractivity contribution in [3.8, 4) is 0 Å². The van der Waals surface area contributed by atoms with Gasteiger partial charge in [-0.15, -0.1) is 0 Å². The van der Waals surface area contributed by atoms with Crippen LogP contribution < -0.4 is 12.4 Å². The van der Waals surface area contributed by atoms with Crippen molar-refractivity contribution in [3.05, 3.63) is 35.9 Å². The molecular weight excluding hydrogens is 248 g/mol. The largest absolute Gasteiger partial charge is 1.00 e. The molecule has 1 rings (SSSR count). The molecule has 0 heterocycles. The molecule has 0 fully saturated rings. The quantitative estimate of drug-likeness (QED) is 0.493. The summed E-state index contributed by atoms with van der Waals surface area (Å²) in [7, 11) is 0. The summed E-state index contributed by atoms with van der Waals surface area (Å²) in [6.07, 6.45) is 11.1. The Morgan fingerprint density at radius 1 is 0.765 bits per heavy atom. The summed E-state index contributed by atoms with van der Waals surface area (Å²) in [6, 6.07) is 10.8. The summed E-state index contributed by atoms with van der Waals surface area (Å²) >= 11 is 0. The van der Waals surface area contributed by atoms with Crippen LogP contribution in [0.25, 0.3) is 0 Å². The minimum Gasteiger partial charge on any atom is -1.00 e. The topological polar surface area (TPSA) is 0 Å². The zero-order chi connectivity index (χ0) is 10.8. The SMILES string of the molecule is CCCCCCCCCc1ccccc1.[Cl-].[SH3+]. The molecule has 0 aliphatic rings. The third-order valence-corrected chi connectivity index (χ3v) is 2.91. The van der Waals surface area contributed by atoms with Gasteiger partial charge in [0.1, 0.15) is 0 Å². The normalized spacial score (nSPS) is 9.24. The average Bonchev–Trinajstić information content (AvgIpc) is 2.29. The Balaban J connectivity index is 0. The minimum atomic E-state index is 0. The smallest absolute Gasteiger partial charge is 0.0279 e. The standard InChI is InChI=1S/C15H24.ClH.H2S/c1-2-3-4-5-6-7-9-12-15-13-10-8-11-14-15;;/h8,10-11,13-14H,2-7,9,12H2,1H3;1H;1H2. The summed E-state index contributed by atoms with van der Waals surface area (Å²) in [5.41, 5.74) is 1.49. The zero-order valence-electron chi connectivity index (χ0n) is 11.0. The van der Waals surface area contributed by atoms with Crippen molar-refractivity contribution < 1.29 is 12.4 Å². The highest BCUT2D eigenvalue weighted by Crippen LogP contribution is 2.10. The van der Waals surface area contributed by atoms with Crippen LogP contribution >= 0.6 is 0 Å². The fourth-order valence-electron chi connectivity index (χ4n) is 1.93. The number of benzene rings is 1. The van der Waals surface area contributed by atoms with Gasteiger partial charge in [0.05, 0.1) is 0 Å². The number of unbranched alkanes of at least 4 members (excludes halogenated alkanes) is 6. The number of halogens is 1. The van der Waals surface area contributed by atoms with Crippen LogP contribution in [0, 0.1) is 0 Å². The molecule has 100 valence electrons. The fourth-order valence-corrected chi connectivity index (χ4v) is 1.93. The van der Waals surface area contributed by atoms with E-state index >= 15 is 0 Å². The number of hydrogen-bond donors (Lipinski definition) is 0. The first-order valence-corrected chi connectivity index (χ1v) is 6.47. The van der Waals surface area contributed by atoms with Gasteiger partial charge in [-0.3, -0.25) is 0 Å². The van der Waals surface area contributed by atoms with Crippen molar-refractivity contribution in [2.75, 3.05) is 0 Å². The molecule has 0 spiro atoms. The Morgan fingerprint density at radius 3 is 1.88 bits per heavy atom. The van der Waals surface area contributed by atoms with Crippen molar-refractivity contribution >= 4 is 13.5 Å². The molecule has 1 aromatic carbocycles. The van der Waals surface area contributed by atoms with Crippen LogP contribution in [-0.2, 0) is 19.9 Å². The highest BCUT2D eigenvalue weighted by Gasteiger charge is 1.92. The number of hydrogen-bond acceptors (Lipinski definition) is 0. The molecule has 0 atom stereocenters. The van der Waals surface area contributed by atoms with Gasteiger partial charge in [0.25, 0.3) is 0 Å². The van der Waals surface area contributed by atoms with E-state index < -0.39 is 0 Å². The second kappa shape index (κ2) is 13.9. The fraction of sp³-hybridized carbons (Fsp3) is 0.600. The maximum absolute atomic E-state index is 2.27. The maximum atomic E-state index is 2.27. The lowest BCUT2D eigenvalue weighted by Crippen LogP contribution is -3.00. The van der Waals surface area contributed by atoms with E-state index in [1.165, 1.54) is 56.9 Å². The van der Waals surface area contributed by atoms with E-state index in [0.29, 0.717) is 0 Å². The van der Waals surface area contributed by atoms with E-state index in [2.05, 4.69) is 37.3 Å². The van der Waals surface area contributed by atoms with E-state index in [-0.39, 0.29) is 25.9 Å². The second-order valence-corrected chi connectivity index (χ2v) is 4.36. The first-order valence-electron chi connectivity index (χ1n) is 6.47. The zero-order valence-corrected chi connectivity index (χ0v) is 12.9. The highest BCUT2D eigenvalue weighted by atomic mass is 35.5. The monoisotopic (exact) mass is 274 g/mol. The Bertz CT molecular complexity index is 236. The van der Waals surface area contributed by atoms with Crippen molar-refractivity contribution in [2.24, 2.45) is 0 Å². The molecule has 0 saturated heterocycles. The van der Waals surface area contributed by atoms with Gasteiger partial charge in [-0.05, 0) is 18.4 Å². The van der Waals surface area contributed by atoms with E-state index in [0.717, 1.165) is 0 Å². The number of rotatable bonds is 8. The first kappa shape index (κ1) is 19.2. The Kier molecular flexibility index (Phi) is 15.7. The van der Waals surface area contributed by atoms with E-state index in [4.69, 9.17) is 0 Å². The first-order chi connectivity index (χ1) is 7.43. The predicted molar refractivity (Wildman–Crippen MR) is 79.7 cm³/mol. The van der Waals surface area contributed by atoms with E-state index in [1.54, 1.807) is 0 Å². The molecule has 0 aliphatic heterocycles. The third kappa shape index (κ3) is 10.7. The molecule has 0 radical (unpaired) electrons. The Hall–Kier alpha value is -0.140. The molecule has 0 bridgehead atoms. The van der Waals surface area contributed by atoms with Gasteiger partial charge in [-0.2, -0.15) is 0 Å². The second-order valence-electron chi connectivity index (χ2n) is 4.36. The number of aryl methyl sites for hydroxylation is 1. The molecule has 1 aromatic rings. The van der Waals surface area contributed by atoms with Crippen molar-refractivity contribution in [1.82, 2.24) is 0 Å². The molecule has 0 aliphatic carbocycles. The van der Waals surface area contributed by atoms with Gasteiger partial charge in [-0.25, -0.2) is 0 Å². The van der Waals surface area contributed by atoms with Gasteiger partial charge in [0.2, 0.25) is 0 Å². The Morgan fingerprint density at radius 2 is 1.29 bits per heavy atom. The van der Waals surface area contributed by atoms with Crippen LogP contribution in [0.2, 0.25) is 0 Å². The van der Waals surface area contributed by atoms with Gasteiger partial charge in [-0.1, -0.05) is 89.3 Å². The summed E-state index contributed by atoms with van der Waals surface area (Å²) in [5.74, 6) is 0. The molecule has 0 aromatic heterocycles. The highest BCUT2D eigenvalue weighted by molar-refractivity contribution is 7.37. The molecule has 0 N–H and O–H groups in total. The van der Waals surface area contributed by atoms with Crippen LogP contribution in [0.15, 0.2) is 30.3 Å². The molecular formula is C15H27ClS. The van der Waals surface area contributed by atoms with Crippen LogP contribution in [0.1, 0.15) is 57.4 Å². The van der Waals surface area contributed by atoms with Crippen LogP contribution in [0.4, 0.5) is 0 Å². The molecule has 0 nitrogen and oxygen atoms in total.